The topological polar surface area (TPSA) is 124 Å². The molecular formula is C23H24BN6O3. The number of hydrogen-bond donors (Lipinski definition) is 3. The van der Waals surface area contributed by atoms with Crippen LogP contribution in [0.4, 0.5) is 5.82 Å². The number of nitrogens with zero attached hydrogens (tertiary/aromatic N) is 5. The molecule has 33 heavy (non-hydrogen) atoms. The van der Waals surface area contributed by atoms with E-state index in [1.54, 1.807) is 12.0 Å². The third-order valence-electron chi connectivity index (χ3n) is 5.88. The molecule has 1 radical (unpaired) electrons. The number of aromatic nitrogens is 5. The molecule has 1 aliphatic rings. The maximum absolute atomic E-state index is 10.9. The van der Waals surface area contributed by atoms with Crippen molar-refractivity contribution >= 4 is 47.5 Å². The number of rotatable bonds is 5. The maximum Gasteiger partial charge on any atom is 0.289 e. The number of imidazole rings is 1. The molecule has 0 saturated carbocycles. The van der Waals surface area contributed by atoms with Crippen LogP contribution in [0.15, 0.2) is 49.1 Å². The Labute approximate surface area is 191 Å². The smallest absolute Gasteiger partial charge is 0.289 e. The molecule has 4 heterocycles. The summed E-state index contributed by atoms with van der Waals surface area (Å²) in [6.45, 7) is 3.94. The number of nitrogen functional groups attached to an aromatic ring is 1. The average molecular weight is 443 g/mol. The molecule has 4 N–H and O–H groups in total. The standard InChI is InChI=1S/C23H24BN6O3/c1-3-7-13-14-9-5-6-10-16(14)30(15(13)8-4-2)24-20-18(31)19(32)23(33-20)29-12-28-17-21(25)26-11-27-22(17)29/h3-12,18-20,23,31-32H,1-2H3,(H2,25,26,27)/b7-3-,8-4-. The first-order valence-corrected chi connectivity index (χ1v) is 10.7. The second kappa shape index (κ2) is 8.47. The fourth-order valence-electron chi connectivity index (χ4n) is 4.38. The van der Waals surface area contributed by atoms with Crippen LogP contribution in [0.2, 0.25) is 0 Å². The highest BCUT2D eigenvalue weighted by molar-refractivity contribution is 6.38. The number of aliphatic hydroxyl groups is 2. The van der Waals surface area contributed by atoms with Crippen molar-refractivity contribution in [1.29, 1.82) is 0 Å². The highest BCUT2D eigenvalue weighted by Crippen LogP contribution is 2.34. The number of fused-ring (bicyclic) bond motifs is 2. The molecule has 0 amide bonds. The van der Waals surface area contributed by atoms with Crippen molar-refractivity contribution in [2.24, 2.45) is 0 Å². The number of anilines is 1. The van der Waals surface area contributed by atoms with Crippen LogP contribution >= 0.6 is 0 Å². The van der Waals surface area contributed by atoms with Gasteiger partial charge in [-0.3, -0.25) is 4.57 Å². The molecule has 1 aromatic carbocycles. The summed E-state index contributed by atoms with van der Waals surface area (Å²) < 4.78 is 9.71. The fourth-order valence-corrected chi connectivity index (χ4v) is 4.38. The first-order valence-electron chi connectivity index (χ1n) is 10.7. The minimum atomic E-state index is -1.19. The Morgan fingerprint density at radius 1 is 1.06 bits per heavy atom. The SMILES string of the molecule is C/C=C\c1c(/C=C\C)n([B]C2OC(n3cnc4c(N)ncnc43)C(O)C2O)c2ccccc12. The van der Waals surface area contributed by atoms with E-state index in [-0.39, 0.29) is 5.82 Å². The van der Waals surface area contributed by atoms with Crippen LogP contribution in [0, 0.1) is 0 Å². The van der Waals surface area contributed by atoms with E-state index in [9.17, 15) is 10.2 Å². The molecule has 9 nitrogen and oxygen atoms in total. The molecule has 4 atom stereocenters. The fraction of sp³-hybridized carbons (Fsp3) is 0.261. The van der Waals surface area contributed by atoms with E-state index in [1.165, 1.54) is 12.7 Å². The zero-order valence-corrected chi connectivity index (χ0v) is 18.3. The van der Waals surface area contributed by atoms with Crippen LogP contribution < -0.4 is 5.73 Å². The van der Waals surface area contributed by atoms with Crippen LogP contribution in [0.25, 0.3) is 34.2 Å². The third-order valence-corrected chi connectivity index (χ3v) is 5.88. The number of para-hydroxylation sites is 1. The average Bonchev–Trinajstić information content (AvgIpc) is 3.45. The second-order valence-electron chi connectivity index (χ2n) is 7.89. The van der Waals surface area contributed by atoms with Crippen LogP contribution in [0.3, 0.4) is 0 Å². The largest absolute Gasteiger partial charge is 0.388 e. The maximum atomic E-state index is 10.9. The molecule has 0 bridgehead atoms. The normalized spacial score (nSPS) is 23.5. The van der Waals surface area contributed by atoms with Crippen molar-refractivity contribution in [2.45, 2.75) is 38.3 Å². The lowest BCUT2D eigenvalue weighted by Gasteiger charge is -2.17. The van der Waals surface area contributed by atoms with Gasteiger partial charge >= 0.3 is 0 Å². The zero-order valence-electron chi connectivity index (χ0n) is 18.3. The van der Waals surface area contributed by atoms with E-state index < -0.39 is 24.4 Å². The third kappa shape index (κ3) is 3.43. The summed E-state index contributed by atoms with van der Waals surface area (Å²) >= 11 is 0. The van der Waals surface area contributed by atoms with Crippen molar-refractivity contribution in [3.05, 3.63) is 60.3 Å². The molecule has 4 aromatic rings. The van der Waals surface area contributed by atoms with Crippen LogP contribution in [-0.2, 0) is 4.74 Å². The van der Waals surface area contributed by atoms with Gasteiger partial charge in [0.15, 0.2) is 17.7 Å². The monoisotopic (exact) mass is 443 g/mol. The van der Waals surface area contributed by atoms with Crippen molar-refractivity contribution < 1.29 is 14.9 Å². The predicted molar refractivity (Wildman–Crippen MR) is 128 cm³/mol. The van der Waals surface area contributed by atoms with E-state index >= 15 is 0 Å². The molecule has 1 saturated heterocycles. The zero-order chi connectivity index (χ0) is 23.1. The van der Waals surface area contributed by atoms with Gasteiger partial charge in [0.25, 0.3) is 7.41 Å². The van der Waals surface area contributed by atoms with E-state index in [1.807, 2.05) is 54.8 Å². The molecule has 0 aliphatic carbocycles. The van der Waals surface area contributed by atoms with Crippen LogP contribution in [0.1, 0.15) is 31.3 Å². The Morgan fingerprint density at radius 3 is 2.64 bits per heavy atom. The molecule has 3 aromatic heterocycles. The number of allylic oxidation sites excluding steroid dienone is 2. The summed E-state index contributed by atoms with van der Waals surface area (Å²) in [5.41, 5.74) is 9.72. The van der Waals surface area contributed by atoms with E-state index in [4.69, 9.17) is 10.5 Å². The summed E-state index contributed by atoms with van der Waals surface area (Å²) in [6, 6.07) is 7.27. The summed E-state index contributed by atoms with van der Waals surface area (Å²) in [5.74, 6) is 0.237. The number of nitrogens with two attached hydrogens (primary N) is 1. The highest BCUT2D eigenvalue weighted by Gasteiger charge is 2.45. The lowest BCUT2D eigenvalue weighted by Crippen LogP contribution is -2.37. The molecule has 4 unspecified atom stereocenters. The molecule has 167 valence electrons. The first kappa shape index (κ1) is 21.4. The van der Waals surface area contributed by atoms with Crippen LogP contribution in [-0.4, -0.2) is 59.8 Å². The van der Waals surface area contributed by atoms with E-state index in [2.05, 4.69) is 27.1 Å². The number of ether oxygens (including phenoxy) is 1. The predicted octanol–water partition coefficient (Wildman–Crippen LogP) is 2.17. The van der Waals surface area contributed by atoms with Gasteiger partial charge in [-0.25, -0.2) is 15.0 Å². The molecule has 10 heteroatoms. The summed E-state index contributed by atoms with van der Waals surface area (Å²) in [7, 11) is 1.81. The van der Waals surface area contributed by atoms with Gasteiger partial charge in [-0.05, 0) is 26.0 Å². The van der Waals surface area contributed by atoms with Gasteiger partial charge in [0, 0.05) is 22.2 Å². The minimum absolute atomic E-state index is 0.237. The Hall–Kier alpha value is -3.47. The molecular weight excluding hydrogens is 419 g/mol. The lowest BCUT2D eigenvalue weighted by molar-refractivity contribution is -0.0206. The van der Waals surface area contributed by atoms with Gasteiger partial charge < -0.3 is 25.2 Å². The molecule has 5 rings (SSSR count). The van der Waals surface area contributed by atoms with Gasteiger partial charge in [-0.15, -0.1) is 0 Å². The van der Waals surface area contributed by atoms with Crippen molar-refractivity contribution in [1.82, 2.24) is 24.0 Å². The number of hydrogen-bond acceptors (Lipinski definition) is 7. The molecule has 1 fully saturated rings. The summed E-state index contributed by atoms with van der Waals surface area (Å²) in [5, 5.41) is 22.8. The Morgan fingerprint density at radius 2 is 1.85 bits per heavy atom. The first-order chi connectivity index (χ1) is 16.0. The second-order valence-corrected chi connectivity index (χ2v) is 7.89. The van der Waals surface area contributed by atoms with Crippen LogP contribution in [0.5, 0.6) is 0 Å². The van der Waals surface area contributed by atoms with Gasteiger partial charge in [0.1, 0.15) is 24.1 Å². The quantitative estimate of drug-likeness (QED) is 0.404. The van der Waals surface area contributed by atoms with Crippen molar-refractivity contribution in [3.8, 4) is 0 Å². The van der Waals surface area contributed by atoms with E-state index in [0.29, 0.717) is 11.2 Å². The van der Waals surface area contributed by atoms with Gasteiger partial charge in [-0.2, -0.15) is 0 Å². The number of aliphatic hydroxyl groups excluding tert-OH is 2. The summed E-state index contributed by atoms with van der Waals surface area (Å²) in [4.78, 5) is 12.4. The van der Waals surface area contributed by atoms with Gasteiger partial charge in [0.2, 0.25) is 0 Å². The minimum Gasteiger partial charge on any atom is -0.388 e. The Bertz CT molecular complexity index is 1380. The Kier molecular flexibility index (Phi) is 5.49. The van der Waals surface area contributed by atoms with E-state index in [0.717, 1.165) is 22.2 Å². The molecule has 1 aliphatic heterocycles. The van der Waals surface area contributed by atoms with Crippen molar-refractivity contribution in [2.75, 3.05) is 5.73 Å². The summed E-state index contributed by atoms with van der Waals surface area (Å²) in [6.07, 6.45) is 7.63. The molecule has 0 spiro atoms. The lowest BCUT2D eigenvalue weighted by atomic mass is 9.80. The van der Waals surface area contributed by atoms with Crippen molar-refractivity contribution in [3.63, 3.8) is 0 Å². The van der Waals surface area contributed by atoms with Gasteiger partial charge in [0.05, 0.1) is 12.3 Å². The number of benzene rings is 1. The Balaban J connectivity index is 1.54. The highest BCUT2D eigenvalue weighted by atomic mass is 16.6. The van der Waals surface area contributed by atoms with Gasteiger partial charge in [-0.1, -0.05) is 36.4 Å².